The maximum absolute atomic E-state index is 13.1. The molecule has 16 nitrogen and oxygen atoms in total. The number of anilines is 2. The number of azo groups is 2. The van der Waals surface area contributed by atoms with Crippen LogP contribution in [0.25, 0.3) is 11.1 Å². The molecule has 6 rings (SSSR count). The first-order valence-corrected chi connectivity index (χ1v) is 18.3. The number of rotatable bonds is 9. The van der Waals surface area contributed by atoms with E-state index in [1.165, 1.54) is 22.2 Å². The molecule has 0 spiro atoms. The number of hydrogen-bond acceptors (Lipinski definition) is 14. The molecule has 0 saturated carbocycles. The van der Waals surface area contributed by atoms with Crippen molar-refractivity contribution in [2.75, 3.05) is 10.0 Å². The zero-order valence-corrected chi connectivity index (χ0v) is 31.7. The second-order valence-electron chi connectivity index (χ2n) is 12.0. The molecule has 2 heterocycles. The third-order valence-corrected chi connectivity index (χ3v) is 9.84. The van der Waals surface area contributed by atoms with Crippen molar-refractivity contribution in [3.05, 3.63) is 96.1 Å². The Morgan fingerprint density at radius 1 is 0.566 bits per heavy atom. The van der Waals surface area contributed by atoms with Crippen LogP contribution in [-0.2, 0) is 29.8 Å². The van der Waals surface area contributed by atoms with Crippen molar-refractivity contribution >= 4 is 89.3 Å². The van der Waals surface area contributed by atoms with Crippen molar-refractivity contribution < 1.29 is 35.5 Å². The molecule has 19 heteroatoms. The Hall–Kier alpha value is -5.05. The van der Waals surface area contributed by atoms with Crippen molar-refractivity contribution in [2.24, 2.45) is 30.7 Å². The number of hydrazone groups is 2. The van der Waals surface area contributed by atoms with Gasteiger partial charge in [0, 0.05) is 11.1 Å². The summed E-state index contributed by atoms with van der Waals surface area (Å²) in [5.74, 6) is -1.02. The predicted molar refractivity (Wildman–Crippen MR) is 194 cm³/mol. The zero-order chi connectivity index (χ0) is 37.5. The minimum Gasteiger partial charge on any atom is -0.744 e. The van der Waals surface area contributed by atoms with Crippen molar-refractivity contribution in [1.82, 2.24) is 0 Å². The number of carbonyl (C=O) groups is 2. The van der Waals surface area contributed by atoms with E-state index in [4.69, 9.17) is 0 Å². The number of benzene rings is 4. The summed E-state index contributed by atoms with van der Waals surface area (Å²) in [5, 5.41) is 26.9. The number of carbonyl (C=O) groups excluding carboxylic acids is 2. The van der Waals surface area contributed by atoms with Gasteiger partial charge in [-0.1, -0.05) is 47.5 Å². The molecule has 2 aliphatic rings. The van der Waals surface area contributed by atoms with E-state index in [-0.39, 0.29) is 34.4 Å². The van der Waals surface area contributed by atoms with E-state index in [1.54, 1.807) is 38.1 Å². The van der Waals surface area contributed by atoms with Crippen LogP contribution in [0.1, 0.15) is 25.0 Å². The van der Waals surface area contributed by atoms with Crippen LogP contribution in [0.3, 0.4) is 0 Å². The van der Waals surface area contributed by atoms with Gasteiger partial charge in [-0.2, -0.15) is 40.7 Å². The van der Waals surface area contributed by atoms with E-state index in [0.29, 0.717) is 22.8 Å². The predicted octanol–water partition coefficient (Wildman–Crippen LogP) is 5.15. The van der Waals surface area contributed by atoms with Gasteiger partial charge in [-0.25, -0.2) is 16.8 Å². The quantitative estimate of drug-likeness (QED) is 0.125. The van der Waals surface area contributed by atoms with Crippen molar-refractivity contribution in [2.45, 2.75) is 49.6 Å². The van der Waals surface area contributed by atoms with Crippen LogP contribution in [0.5, 0.6) is 0 Å². The molecule has 2 amide bonds. The minimum atomic E-state index is -5.29. The van der Waals surface area contributed by atoms with Crippen molar-refractivity contribution in [3.63, 3.8) is 0 Å². The van der Waals surface area contributed by atoms with Gasteiger partial charge in [0.25, 0.3) is 11.8 Å². The van der Waals surface area contributed by atoms with Crippen molar-refractivity contribution in [1.29, 1.82) is 0 Å². The number of amides is 2. The fourth-order valence-corrected chi connectivity index (χ4v) is 6.80. The Labute approximate surface area is 320 Å². The third kappa shape index (κ3) is 8.29. The molecule has 266 valence electrons. The van der Waals surface area contributed by atoms with Gasteiger partial charge in [0.15, 0.2) is 12.1 Å². The van der Waals surface area contributed by atoms with Crippen LogP contribution < -0.4 is 10.0 Å². The Morgan fingerprint density at radius 3 is 1.23 bits per heavy atom. The first kappa shape index (κ1) is 39.2. The molecular formula is C34H28MgN8O8S2. The normalized spacial score (nSPS) is 17.8. The molecule has 2 atom stereocenters. The van der Waals surface area contributed by atoms with E-state index in [2.05, 4.69) is 30.7 Å². The fourth-order valence-electron chi connectivity index (χ4n) is 5.37. The maximum atomic E-state index is 13.1. The van der Waals surface area contributed by atoms with Crippen LogP contribution in [-0.4, -0.2) is 84.3 Å². The summed E-state index contributed by atoms with van der Waals surface area (Å²) in [5.41, 5.74) is 2.49. The number of nitrogens with zero attached hydrogens (tertiary/aromatic N) is 8. The fraction of sp³-hybridized carbons (Fsp3) is 0.176. The second kappa shape index (κ2) is 15.1. The molecule has 0 fully saturated rings. The van der Waals surface area contributed by atoms with E-state index in [0.717, 1.165) is 35.4 Å². The Bertz CT molecular complexity index is 2300. The average Bonchev–Trinajstić information content (AvgIpc) is 3.54. The second-order valence-corrected chi connectivity index (χ2v) is 14.7. The molecule has 4 aromatic rings. The molecular weight excluding hydrogens is 737 g/mol. The molecule has 2 aliphatic heterocycles. The Balaban J connectivity index is 0.00000541. The Morgan fingerprint density at radius 2 is 0.906 bits per heavy atom. The number of aryl methyl sites for hydroxylation is 2. The van der Waals surface area contributed by atoms with E-state index in [9.17, 15) is 35.5 Å². The van der Waals surface area contributed by atoms with Gasteiger partial charge in [0.05, 0.1) is 44.0 Å². The molecule has 2 unspecified atom stereocenters. The van der Waals surface area contributed by atoms with E-state index < -0.39 is 65.1 Å². The molecule has 4 aromatic carbocycles. The molecule has 0 N–H and O–H groups in total. The van der Waals surface area contributed by atoms with Gasteiger partial charge < -0.3 is 9.11 Å². The monoisotopic (exact) mass is 764 g/mol. The average molecular weight is 765 g/mol. The summed E-state index contributed by atoms with van der Waals surface area (Å²) in [7, 11) is -10.6. The van der Waals surface area contributed by atoms with E-state index >= 15 is 0 Å². The van der Waals surface area contributed by atoms with Gasteiger partial charge in [-0.15, -0.1) is 0 Å². The van der Waals surface area contributed by atoms with Gasteiger partial charge in [-0.05, 0) is 76.2 Å². The largest absolute Gasteiger partial charge is 2.00 e. The smallest absolute Gasteiger partial charge is 0.744 e. The first-order valence-electron chi connectivity index (χ1n) is 15.4. The van der Waals surface area contributed by atoms with Crippen LogP contribution in [0.15, 0.2) is 125 Å². The molecule has 0 radical (unpaired) electrons. The van der Waals surface area contributed by atoms with Gasteiger partial charge in [0.1, 0.15) is 20.2 Å². The molecule has 53 heavy (non-hydrogen) atoms. The first-order chi connectivity index (χ1) is 24.5. The van der Waals surface area contributed by atoms with Crippen LogP contribution in [0.4, 0.5) is 22.7 Å². The molecule has 0 bridgehead atoms. The topological polar surface area (TPSA) is 229 Å². The van der Waals surface area contributed by atoms with Gasteiger partial charge in [-0.3, -0.25) is 9.59 Å². The summed E-state index contributed by atoms with van der Waals surface area (Å²) >= 11 is 0. The minimum absolute atomic E-state index is 0. The summed E-state index contributed by atoms with van der Waals surface area (Å²) in [6.45, 7) is 6.92. The summed E-state index contributed by atoms with van der Waals surface area (Å²) in [6, 6.07) is 18.2. The SMILES string of the molecule is CC1=NN(c2ccc(C)cc2)C(=O)C1N=Nc1ccc(-c2ccc(N=NC3C(=O)N(c4ccc(C)cc4)N=C3C)cc2S(=O)(=O)[O-])c(S(=O)(=O)[O-])c1.[Mg+2]. The van der Waals surface area contributed by atoms with Crippen LogP contribution in [0.2, 0.25) is 0 Å². The maximum Gasteiger partial charge on any atom is 2.00 e. The Kier molecular flexibility index (Phi) is 11.2. The third-order valence-electron chi connectivity index (χ3n) is 8.09. The summed E-state index contributed by atoms with van der Waals surface area (Å²) < 4.78 is 74.6. The number of hydrogen-bond donors (Lipinski definition) is 0. The standard InChI is InChI=1S/C34H30N8O8S2.Mg/c1-19-5-11-25(12-6-19)41-33(43)31(21(3)39-41)37-35-23-9-15-27(29(17-23)51(45,46)47)28-16-10-24(18-30(28)52(48,49)50)36-38-32-22(4)40-42(34(32)44)26-13-7-20(2)8-14-26;/h5-18,31-32H,1-4H3,(H,45,46,47)(H,48,49,50);/q;+2/p-2. The van der Waals surface area contributed by atoms with Crippen LogP contribution in [0, 0.1) is 13.8 Å². The summed E-state index contributed by atoms with van der Waals surface area (Å²) in [6.07, 6.45) is 0. The molecule has 0 aliphatic carbocycles. The molecule has 0 aromatic heterocycles. The van der Waals surface area contributed by atoms with E-state index in [1.807, 2.05) is 38.1 Å². The van der Waals surface area contributed by atoms with Crippen molar-refractivity contribution in [3.8, 4) is 11.1 Å². The van der Waals surface area contributed by atoms with Gasteiger partial charge in [0.2, 0.25) is 0 Å². The molecule has 0 saturated heterocycles. The zero-order valence-electron chi connectivity index (χ0n) is 28.6. The summed E-state index contributed by atoms with van der Waals surface area (Å²) in [4.78, 5) is 24.3. The van der Waals surface area contributed by atoms with Gasteiger partial charge >= 0.3 is 23.1 Å². The van der Waals surface area contributed by atoms with Crippen LogP contribution >= 0.6 is 0 Å².